The Morgan fingerprint density at radius 1 is 0.891 bits per heavy atom. The fourth-order valence-corrected chi connectivity index (χ4v) is 6.71. The minimum Gasteiger partial charge on any atom is -0.477 e. The van der Waals surface area contributed by atoms with Gasteiger partial charge in [-0.2, -0.15) is 0 Å². The van der Waals surface area contributed by atoms with E-state index < -0.39 is 53.0 Å². The van der Waals surface area contributed by atoms with Crippen LogP contribution < -0.4 is 15.4 Å². The molecule has 0 aliphatic carbocycles. The average molecular weight is 753 g/mol. The summed E-state index contributed by atoms with van der Waals surface area (Å²) in [5, 5.41) is 17.0. The van der Waals surface area contributed by atoms with Crippen molar-refractivity contribution < 1.29 is 42.1 Å². The molecule has 1 aromatic heterocycles. The maximum absolute atomic E-state index is 14.0. The highest BCUT2D eigenvalue weighted by Gasteiger charge is 2.39. The minimum absolute atomic E-state index is 0.0104. The quantitative estimate of drug-likeness (QED) is 0.0911. The number of allylic oxidation sites excluding steroid dienone is 1. The van der Waals surface area contributed by atoms with E-state index in [1.807, 2.05) is 91.0 Å². The van der Waals surface area contributed by atoms with Crippen LogP contribution in [-0.4, -0.2) is 57.5 Å². The number of hydrogen-bond donors (Lipinski definition) is 3. The molecule has 0 spiro atoms. The van der Waals surface area contributed by atoms with Crippen LogP contribution in [0.5, 0.6) is 5.75 Å². The second-order valence-corrected chi connectivity index (χ2v) is 13.9. The largest absolute Gasteiger partial charge is 0.573 e. The van der Waals surface area contributed by atoms with Crippen molar-refractivity contribution in [3.8, 4) is 5.75 Å². The standard InChI is InChI=1S/C42H39F3N4O6/c1-40(2,3)55-39(53)47-33-22-24-49(37(33)50)34(38(51)52)20-19-28-25-27-21-23-46-36(32(27)26-35(28)54-42(43,44)45)48-41(29-13-7-4-8-14-29,30-15-9-5-10-16-30)31-17-11-6-12-18-31/h4-18,20-21,23,25-26,33H,19,22,24H2,1-3H3,(H,46,48)(H,47,53)(H,51,52)/b34-20+/t33-/m0/s1. The molecule has 5 aromatic rings. The maximum Gasteiger partial charge on any atom is 0.573 e. The van der Waals surface area contributed by atoms with E-state index in [0.29, 0.717) is 10.8 Å². The Morgan fingerprint density at radius 3 is 1.96 bits per heavy atom. The lowest BCUT2D eigenvalue weighted by Gasteiger charge is -2.37. The first-order valence-electron chi connectivity index (χ1n) is 17.5. The zero-order valence-electron chi connectivity index (χ0n) is 30.3. The van der Waals surface area contributed by atoms with E-state index in [2.05, 4.69) is 20.4 Å². The van der Waals surface area contributed by atoms with E-state index in [-0.39, 0.29) is 30.8 Å². The summed E-state index contributed by atoms with van der Waals surface area (Å²) in [7, 11) is 0. The van der Waals surface area contributed by atoms with Gasteiger partial charge in [-0.1, -0.05) is 91.0 Å². The molecular weight excluding hydrogens is 713 g/mol. The van der Waals surface area contributed by atoms with Gasteiger partial charge >= 0.3 is 18.4 Å². The number of ether oxygens (including phenoxy) is 2. The molecule has 2 amide bonds. The van der Waals surface area contributed by atoms with E-state index >= 15 is 0 Å². The van der Waals surface area contributed by atoms with Gasteiger partial charge in [-0.3, -0.25) is 4.79 Å². The number of carbonyl (C=O) groups is 3. The Kier molecular flexibility index (Phi) is 10.8. The number of rotatable bonds is 11. The van der Waals surface area contributed by atoms with Crippen LogP contribution in [0.4, 0.5) is 23.8 Å². The van der Waals surface area contributed by atoms with Gasteiger partial charge in [0.05, 0.1) is 0 Å². The molecule has 13 heteroatoms. The van der Waals surface area contributed by atoms with Crippen molar-refractivity contribution in [1.82, 2.24) is 15.2 Å². The fraction of sp³-hybridized carbons (Fsp3) is 0.238. The molecule has 1 aliphatic rings. The van der Waals surface area contributed by atoms with Gasteiger partial charge in [-0.25, -0.2) is 14.6 Å². The number of carboxylic acids is 1. The highest BCUT2D eigenvalue weighted by Crippen LogP contribution is 2.42. The van der Waals surface area contributed by atoms with Crippen LogP contribution in [0.25, 0.3) is 10.8 Å². The van der Waals surface area contributed by atoms with Crippen molar-refractivity contribution in [2.45, 2.75) is 57.2 Å². The summed E-state index contributed by atoms with van der Waals surface area (Å²) < 4.78 is 51.7. The third-order valence-corrected chi connectivity index (χ3v) is 9.02. The molecule has 284 valence electrons. The first-order chi connectivity index (χ1) is 26.1. The third kappa shape index (κ3) is 8.72. The molecule has 2 heterocycles. The predicted molar refractivity (Wildman–Crippen MR) is 200 cm³/mol. The molecule has 1 fully saturated rings. The van der Waals surface area contributed by atoms with Crippen LogP contribution in [0, 0.1) is 0 Å². The number of carbonyl (C=O) groups excluding carboxylic acids is 2. The Morgan fingerprint density at radius 2 is 1.45 bits per heavy atom. The van der Waals surface area contributed by atoms with E-state index in [1.165, 1.54) is 18.3 Å². The molecule has 0 unspecified atom stereocenters. The predicted octanol–water partition coefficient (Wildman–Crippen LogP) is 8.17. The Labute approximate surface area is 315 Å². The molecular formula is C42H39F3N4O6. The number of likely N-dealkylation sites (tertiary alicyclic amines) is 1. The SMILES string of the molecule is CC(C)(C)OC(=O)N[C@H]1CCN(/C(=C/Cc2cc3ccnc(NC(c4ccccc4)(c4ccccc4)c4ccccc4)c3cc2OC(F)(F)F)C(=O)O)C1=O. The number of carboxylic acid groups (broad SMARTS) is 1. The Hall–Kier alpha value is -6.37. The van der Waals surface area contributed by atoms with Crippen molar-refractivity contribution in [1.29, 1.82) is 0 Å². The summed E-state index contributed by atoms with van der Waals surface area (Å²) in [5.74, 6) is -2.47. The molecule has 3 N–H and O–H groups in total. The van der Waals surface area contributed by atoms with Gasteiger partial charge in [-0.15, -0.1) is 13.2 Å². The van der Waals surface area contributed by atoms with Crippen LogP contribution in [0.3, 0.4) is 0 Å². The molecule has 0 saturated carbocycles. The number of alkyl halides is 3. The van der Waals surface area contributed by atoms with E-state index in [0.717, 1.165) is 27.7 Å². The summed E-state index contributed by atoms with van der Waals surface area (Å²) in [4.78, 5) is 43.6. The number of nitrogens with one attached hydrogen (secondary N) is 2. The molecule has 6 rings (SSSR count). The molecule has 1 atom stereocenters. The van der Waals surface area contributed by atoms with Crippen molar-refractivity contribution >= 4 is 34.6 Å². The monoisotopic (exact) mass is 752 g/mol. The molecule has 0 radical (unpaired) electrons. The molecule has 1 aliphatic heterocycles. The van der Waals surface area contributed by atoms with Gasteiger partial charge in [-0.05, 0) is 85.5 Å². The van der Waals surface area contributed by atoms with Gasteiger partial charge in [0.2, 0.25) is 5.91 Å². The molecule has 10 nitrogen and oxygen atoms in total. The Bertz CT molecular complexity index is 2110. The summed E-state index contributed by atoms with van der Waals surface area (Å²) in [5.41, 5.74) is 0.229. The van der Waals surface area contributed by atoms with Crippen molar-refractivity contribution in [3.63, 3.8) is 0 Å². The highest BCUT2D eigenvalue weighted by molar-refractivity contribution is 5.97. The molecule has 0 bridgehead atoms. The zero-order valence-corrected chi connectivity index (χ0v) is 30.3. The number of pyridine rings is 1. The van der Waals surface area contributed by atoms with Crippen LogP contribution in [0.2, 0.25) is 0 Å². The number of aliphatic carboxylic acids is 1. The smallest absolute Gasteiger partial charge is 0.477 e. The van der Waals surface area contributed by atoms with Gasteiger partial charge < -0.3 is 30.1 Å². The molecule has 4 aromatic carbocycles. The fourth-order valence-electron chi connectivity index (χ4n) is 6.71. The van der Waals surface area contributed by atoms with Crippen molar-refractivity contribution in [2.24, 2.45) is 0 Å². The van der Waals surface area contributed by atoms with Crippen LogP contribution in [-0.2, 0) is 26.3 Å². The van der Waals surface area contributed by atoms with Crippen molar-refractivity contribution in [2.75, 3.05) is 11.9 Å². The van der Waals surface area contributed by atoms with E-state index in [9.17, 15) is 32.7 Å². The summed E-state index contributed by atoms with van der Waals surface area (Å²) >= 11 is 0. The minimum atomic E-state index is -5.09. The summed E-state index contributed by atoms with van der Waals surface area (Å²) in [6.07, 6.45) is -3.49. The number of aromatic nitrogens is 1. The number of amides is 2. The second kappa shape index (κ2) is 15.5. The van der Waals surface area contributed by atoms with E-state index in [1.54, 1.807) is 26.8 Å². The van der Waals surface area contributed by atoms with Gasteiger partial charge in [0.1, 0.15) is 34.4 Å². The highest BCUT2D eigenvalue weighted by atomic mass is 19.4. The molecule has 55 heavy (non-hydrogen) atoms. The summed E-state index contributed by atoms with van der Waals surface area (Å²) in [6, 6.07) is 32.2. The first kappa shape index (κ1) is 38.4. The second-order valence-electron chi connectivity index (χ2n) is 13.9. The lowest BCUT2D eigenvalue weighted by Crippen LogP contribution is -2.44. The normalized spacial score (nSPS) is 15.2. The maximum atomic E-state index is 14.0. The Balaban J connectivity index is 1.41. The molecule has 1 saturated heterocycles. The van der Waals surface area contributed by atoms with Gasteiger partial charge in [0.15, 0.2) is 0 Å². The number of hydrogen-bond acceptors (Lipinski definition) is 7. The number of fused-ring (bicyclic) bond motifs is 1. The number of anilines is 1. The lowest BCUT2D eigenvalue weighted by molar-refractivity contribution is -0.274. The third-order valence-electron chi connectivity index (χ3n) is 9.02. The van der Waals surface area contributed by atoms with Crippen LogP contribution >= 0.6 is 0 Å². The lowest BCUT2D eigenvalue weighted by atomic mass is 9.77. The van der Waals surface area contributed by atoms with Gasteiger partial charge in [0, 0.05) is 18.1 Å². The number of halogens is 3. The number of nitrogens with zero attached hydrogens (tertiary/aromatic N) is 2. The van der Waals surface area contributed by atoms with Crippen LogP contribution in [0.1, 0.15) is 49.4 Å². The topological polar surface area (TPSA) is 130 Å². The first-order valence-corrected chi connectivity index (χ1v) is 17.5. The van der Waals surface area contributed by atoms with Crippen LogP contribution in [0.15, 0.2) is 127 Å². The zero-order chi connectivity index (χ0) is 39.4. The van der Waals surface area contributed by atoms with Crippen molar-refractivity contribution in [3.05, 3.63) is 149 Å². The number of alkyl carbamates (subject to hydrolysis) is 1. The average Bonchev–Trinajstić information content (AvgIpc) is 3.48. The van der Waals surface area contributed by atoms with E-state index in [4.69, 9.17) is 4.74 Å². The van der Waals surface area contributed by atoms with Gasteiger partial charge in [0.25, 0.3) is 0 Å². The number of benzene rings is 4. The summed E-state index contributed by atoms with van der Waals surface area (Å²) in [6.45, 7) is 4.93.